The van der Waals surface area contributed by atoms with Gasteiger partial charge in [0.25, 0.3) is 0 Å². The Morgan fingerprint density at radius 2 is 1.30 bits per heavy atom. The topological polar surface area (TPSA) is 40.5 Å². The summed E-state index contributed by atoms with van der Waals surface area (Å²) >= 11 is 0. The molecule has 0 bridgehead atoms. The van der Waals surface area contributed by atoms with Crippen LogP contribution in [0.4, 0.5) is 0 Å². The largest absolute Gasteiger partial charge is 0.365 e. The average Bonchev–Trinajstić information content (AvgIpc) is 2.46. The molecule has 4 saturated carbocycles. The lowest BCUT2D eigenvalue weighted by Crippen LogP contribution is -2.53. The molecule has 0 aromatic heterocycles. The van der Waals surface area contributed by atoms with Crippen molar-refractivity contribution in [3.05, 3.63) is 0 Å². The molecule has 0 amide bonds. The number of hydrogen-bond donors (Lipinski definition) is 2. The monoisotopic (exact) mass is 278 g/mol. The summed E-state index contributed by atoms with van der Waals surface area (Å²) in [5.41, 5.74) is 0. The van der Waals surface area contributed by atoms with Crippen molar-refractivity contribution in [3.8, 4) is 0 Å². The van der Waals surface area contributed by atoms with E-state index in [0.717, 1.165) is 36.5 Å². The molecule has 0 aromatic carbocycles. The molecule has 6 unspecified atom stereocenters. The lowest BCUT2D eigenvalue weighted by atomic mass is 9.50. The highest BCUT2D eigenvalue weighted by Gasteiger charge is 2.53. The van der Waals surface area contributed by atoms with Gasteiger partial charge in [-0.05, 0) is 74.5 Å². The fraction of sp³-hybridized carbons (Fsp3) is 1.00. The van der Waals surface area contributed by atoms with Gasteiger partial charge in [-0.2, -0.15) is 0 Å². The number of fused-ring (bicyclic) bond motifs is 5. The first-order valence-corrected chi connectivity index (χ1v) is 9.11. The maximum atomic E-state index is 10.3. The minimum absolute atomic E-state index is 0.178. The molecule has 4 fully saturated rings. The molecule has 6 atom stereocenters. The van der Waals surface area contributed by atoms with E-state index in [1.165, 1.54) is 51.4 Å². The summed E-state index contributed by atoms with van der Waals surface area (Å²) < 4.78 is 0. The van der Waals surface area contributed by atoms with Crippen LogP contribution in [0.1, 0.15) is 70.6 Å². The first-order chi connectivity index (χ1) is 9.67. The Morgan fingerprint density at radius 3 is 2.20 bits per heavy atom. The van der Waals surface area contributed by atoms with Gasteiger partial charge in [0, 0.05) is 12.3 Å². The third kappa shape index (κ3) is 2.06. The molecule has 0 spiro atoms. The third-order valence-electron chi connectivity index (χ3n) is 7.49. The van der Waals surface area contributed by atoms with Crippen LogP contribution in [0.5, 0.6) is 0 Å². The van der Waals surface area contributed by atoms with Crippen molar-refractivity contribution >= 4 is 0 Å². The zero-order chi connectivity index (χ0) is 13.7. The molecule has 0 aromatic rings. The summed E-state index contributed by atoms with van der Waals surface area (Å²) in [5.74, 6) is 3.17. The quantitative estimate of drug-likeness (QED) is 0.663. The highest BCUT2D eigenvalue weighted by molar-refractivity contribution is 5.00. The predicted molar refractivity (Wildman–Crippen MR) is 78.9 cm³/mol. The van der Waals surface area contributed by atoms with Crippen LogP contribution in [0.3, 0.4) is 0 Å². The van der Waals surface area contributed by atoms with Gasteiger partial charge in [0.2, 0.25) is 0 Å². The Balaban J connectivity index is 1.56. The second-order valence-corrected chi connectivity index (χ2v) is 8.23. The molecule has 4 aliphatic carbocycles. The molecular formula is C18H30O2. The molecular weight excluding hydrogens is 248 g/mol. The van der Waals surface area contributed by atoms with E-state index in [-0.39, 0.29) is 5.92 Å². The van der Waals surface area contributed by atoms with Crippen LogP contribution in [0.2, 0.25) is 0 Å². The first kappa shape index (κ1) is 13.6. The minimum Gasteiger partial charge on any atom is -0.365 e. The van der Waals surface area contributed by atoms with Gasteiger partial charge in [-0.25, -0.2) is 0 Å². The summed E-state index contributed by atoms with van der Waals surface area (Å²) in [7, 11) is 0. The van der Waals surface area contributed by atoms with Gasteiger partial charge in [0.1, 0.15) is 0 Å². The Morgan fingerprint density at radius 1 is 0.600 bits per heavy atom. The highest BCUT2D eigenvalue weighted by atomic mass is 16.5. The fourth-order valence-corrected chi connectivity index (χ4v) is 6.71. The zero-order valence-electron chi connectivity index (χ0n) is 12.6. The summed E-state index contributed by atoms with van der Waals surface area (Å²) in [6.45, 7) is 0. The molecule has 2 nitrogen and oxygen atoms in total. The Kier molecular flexibility index (Phi) is 3.38. The SMILES string of the molecule is OC1(O)CCCC2C3CCC4CCCCC4C3CCC21. The van der Waals surface area contributed by atoms with Crippen LogP contribution in [0.25, 0.3) is 0 Å². The molecule has 4 aliphatic rings. The van der Waals surface area contributed by atoms with Gasteiger partial charge in [0.15, 0.2) is 5.79 Å². The van der Waals surface area contributed by atoms with Crippen molar-refractivity contribution in [1.29, 1.82) is 0 Å². The van der Waals surface area contributed by atoms with Crippen LogP contribution in [0.15, 0.2) is 0 Å². The predicted octanol–water partition coefficient (Wildman–Crippen LogP) is 3.71. The van der Waals surface area contributed by atoms with Crippen LogP contribution in [-0.2, 0) is 0 Å². The average molecular weight is 278 g/mol. The van der Waals surface area contributed by atoms with Crippen molar-refractivity contribution < 1.29 is 10.2 Å². The van der Waals surface area contributed by atoms with E-state index >= 15 is 0 Å². The lowest BCUT2D eigenvalue weighted by Gasteiger charge is -2.56. The zero-order valence-corrected chi connectivity index (χ0v) is 12.6. The number of hydrogen-bond acceptors (Lipinski definition) is 2. The van der Waals surface area contributed by atoms with Crippen molar-refractivity contribution in [1.82, 2.24) is 0 Å². The second-order valence-electron chi connectivity index (χ2n) is 8.23. The third-order valence-corrected chi connectivity index (χ3v) is 7.49. The van der Waals surface area contributed by atoms with Crippen LogP contribution in [0, 0.1) is 35.5 Å². The van der Waals surface area contributed by atoms with Gasteiger partial charge in [-0.3, -0.25) is 0 Å². The first-order valence-electron chi connectivity index (χ1n) is 9.11. The fourth-order valence-electron chi connectivity index (χ4n) is 6.71. The Hall–Kier alpha value is -0.0800. The van der Waals surface area contributed by atoms with E-state index in [1.54, 1.807) is 0 Å². The van der Waals surface area contributed by atoms with Gasteiger partial charge in [0.05, 0.1) is 0 Å². The minimum atomic E-state index is -1.35. The van der Waals surface area contributed by atoms with E-state index in [0.29, 0.717) is 12.3 Å². The van der Waals surface area contributed by atoms with Crippen LogP contribution in [-0.4, -0.2) is 16.0 Å². The van der Waals surface area contributed by atoms with E-state index in [1.807, 2.05) is 0 Å². The number of aliphatic hydroxyl groups is 2. The molecule has 4 rings (SSSR count). The maximum Gasteiger partial charge on any atom is 0.165 e. The van der Waals surface area contributed by atoms with Crippen molar-refractivity contribution in [2.75, 3.05) is 0 Å². The Labute approximate surface area is 123 Å². The van der Waals surface area contributed by atoms with Crippen LogP contribution < -0.4 is 0 Å². The van der Waals surface area contributed by atoms with Gasteiger partial charge >= 0.3 is 0 Å². The maximum absolute atomic E-state index is 10.3. The summed E-state index contributed by atoms with van der Waals surface area (Å²) in [6.07, 6.45) is 13.9. The molecule has 0 aliphatic heterocycles. The van der Waals surface area contributed by atoms with Crippen LogP contribution >= 0.6 is 0 Å². The summed E-state index contributed by atoms with van der Waals surface area (Å²) in [5, 5.41) is 20.7. The highest BCUT2D eigenvalue weighted by Crippen LogP contribution is 2.58. The summed E-state index contributed by atoms with van der Waals surface area (Å²) in [6, 6.07) is 0. The molecule has 0 heterocycles. The standard InChI is InChI=1S/C18H30O2/c19-18(20)11-3-6-16-15-8-7-12-4-1-2-5-13(12)14(15)9-10-17(16)18/h12-17,19-20H,1-11H2. The molecule has 0 radical (unpaired) electrons. The number of rotatable bonds is 0. The molecule has 0 saturated heterocycles. The van der Waals surface area contributed by atoms with E-state index < -0.39 is 5.79 Å². The normalized spacial score (nSPS) is 50.7. The molecule has 2 heteroatoms. The van der Waals surface area contributed by atoms with Gasteiger partial charge in [-0.1, -0.05) is 19.3 Å². The van der Waals surface area contributed by atoms with Crippen molar-refractivity contribution in [3.63, 3.8) is 0 Å². The smallest absolute Gasteiger partial charge is 0.165 e. The van der Waals surface area contributed by atoms with E-state index in [4.69, 9.17) is 0 Å². The lowest BCUT2D eigenvalue weighted by molar-refractivity contribution is -0.251. The van der Waals surface area contributed by atoms with Gasteiger partial charge in [-0.15, -0.1) is 0 Å². The van der Waals surface area contributed by atoms with E-state index in [9.17, 15) is 10.2 Å². The Bertz CT molecular complexity index is 364. The molecule has 114 valence electrons. The van der Waals surface area contributed by atoms with Gasteiger partial charge < -0.3 is 10.2 Å². The van der Waals surface area contributed by atoms with Crippen molar-refractivity contribution in [2.45, 2.75) is 76.4 Å². The second kappa shape index (κ2) is 4.98. The van der Waals surface area contributed by atoms with Crippen molar-refractivity contribution in [2.24, 2.45) is 35.5 Å². The molecule has 20 heavy (non-hydrogen) atoms. The summed E-state index contributed by atoms with van der Waals surface area (Å²) in [4.78, 5) is 0. The molecule has 2 N–H and O–H groups in total. The van der Waals surface area contributed by atoms with E-state index in [2.05, 4.69) is 0 Å².